The molecule has 1 aliphatic heterocycles. The SMILES string of the molecule is Cc1ccc(OC[C@H]2CCCCN2)cc1. The molecule has 1 aliphatic rings. The van der Waals surface area contributed by atoms with Gasteiger partial charge in [0.2, 0.25) is 0 Å². The Morgan fingerprint density at radius 3 is 2.73 bits per heavy atom. The van der Waals surface area contributed by atoms with E-state index in [0.29, 0.717) is 6.04 Å². The summed E-state index contributed by atoms with van der Waals surface area (Å²) >= 11 is 0. The Bertz CT molecular complexity index is 288. The molecule has 15 heavy (non-hydrogen) atoms. The normalized spacial score (nSPS) is 21.3. The lowest BCUT2D eigenvalue weighted by molar-refractivity contribution is 0.239. The van der Waals surface area contributed by atoms with Crippen LogP contribution in [0.3, 0.4) is 0 Å². The molecule has 0 unspecified atom stereocenters. The third kappa shape index (κ3) is 3.24. The fourth-order valence-corrected chi connectivity index (χ4v) is 1.90. The highest BCUT2D eigenvalue weighted by molar-refractivity contribution is 5.26. The van der Waals surface area contributed by atoms with E-state index in [1.165, 1.54) is 24.8 Å². The zero-order valence-corrected chi connectivity index (χ0v) is 9.33. The first-order chi connectivity index (χ1) is 7.34. The third-order valence-electron chi connectivity index (χ3n) is 2.88. The Balaban J connectivity index is 1.79. The van der Waals surface area contributed by atoms with Gasteiger partial charge in [0.25, 0.3) is 0 Å². The van der Waals surface area contributed by atoms with E-state index in [4.69, 9.17) is 4.74 Å². The van der Waals surface area contributed by atoms with Gasteiger partial charge in [-0.15, -0.1) is 0 Å². The highest BCUT2D eigenvalue weighted by Crippen LogP contribution is 2.13. The number of aryl methyl sites for hydroxylation is 1. The lowest BCUT2D eigenvalue weighted by Gasteiger charge is -2.23. The first-order valence-electron chi connectivity index (χ1n) is 5.77. The molecule has 0 spiro atoms. The van der Waals surface area contributed by atoms with Crippen LogP contribution in [-0.2, 0) is 0 Å². The van der Waals surface area contributed by atoms with Crippen molar-refractivity contribution in [3.05, 3.63) is 29.8 Å². The zero-order chi connectivity index (χ0) is 10.5. The number of piperidine rings is 1. The maximum Gasteiger partial charge on any atom is 0.119 e. The molecule has 82 valence electrons. The van der Waals surface area contributed by atoms with E-state index in [-0.39, 0.29) is 0 Å². The second-order valence-corrected chi connectivity index (χ2v) is 4.27. The molecule has 1 N–H and O–H groups in total. The monoisotopic (exact) mass is 205 g/mol. The van der Waals surface area contributed by atoms with Crippen molar-refractivity contribution in [3.8, 4) is 5.75 Å². The number of benzene rings is 1. The van der Waals surface area contributed by atoms with Gasteiger partial charge in [-0.25, -0.2) is 0 Å². The van der Waals surface area contributed by atoms with E-state index in [2.05, 4.69) is 24.4 Å². The minimum Gasteiger partial charge on any atom is -0.492 e. The number of hydrogen-bond donors (Lipinski definition) is 1. The van der Waals surface area contributed by atoms with Gasteiger partial charge in [0.05, 0.1) is 0 Å². The molecule has 0 aliphatic carbocycles. The van der Waals surface area contributed by atoms with Crippen LogP contribution in [0.4, 0.5) is 0 Å². The van der Waals surface area contributed by atoms with E-state index >= 15 is 0 Å². The summed E-state index contributed by atoms with van der Waals surface area (Å²) in [6.45, 7) is 4.03. The van der Waals surface area contributed by atoms with Crippen molar-refractivity contribution < 1.29 is 4.74 Å². The molecule has 2 rings (SSSR count). The third-order valence-corrected chi connectivity index (χ3v) is 2.88. The van der Waals surface area contributed by atoms with Crippen LogP contribution in [0.5, 0.6) is 5.75 Å². The van der Waals surface area contributed by atoms with Gasteiger partial charge in [0.15, 0.2) is 0 Å². The number of hydrogen-bond acceptors (Lipinski definition) is 2. The van der Waals surface area contributed by atoms with Crippen molar-refractivity contribution in [2.24, 2.45) is 0 Å². The molecule has 2 nitrogen and oxygen atoms in total. The quantitative estimate of drug-likeness (QED) is 0.818. The average molecular weight is 205 g/mol. The fraction of sp³-hybridized carbons (Fsp3) is 0.538. The fourth-order valence-electron chi connectivity index (χ4n) is 1.90. The van der Waals surface area contributed by atoms with Crippen molar-refractivity contribution in [2.45, 2.75) is 32.2 Å². The summed E-state index contributed by atoms with van der Waals surface area (Å²) in [5.41, 5.74) is 1.28. The summed E-state index contributed by atoms with van der Waals surface area (Å²) in [7, 11) is 0. The van der Waals surface area contributed by atoms with Gasteiger partial charge in [-0.3, -0.25) is 0 Å². The van der Waals surface area contributed by atoms with Crippen LogP contribution in [-0.4, -0.2) is 19.2 Å². The van der Waals surface area contributed by atoms with Crippen LogP contribution < -0.4 is 10.1 Å². The Hall–Kier alpha value is -1.02. The zero-order valence-electron chi connectivity index (χ0n) is 9.33. The molecule has 1 atom stereocenters. The molecule has 0 amide bonds. The van der Waals surface area contributed by atoms with Crippen LogP contribution in [0.1, 0.15) is 24.8 Å². The minimum atomic E-state index is 0.542. The highest BCUT2D eigenvalue weighted by atomic mass is 16.5. The van der Waals surface area contributed by atoms with Crippen molar-refractivity contribution in [1.29, 1.82) is 0 Å². The van der Waals surface area contributed by atoms with Crippen LogP contribution in [0.2, 0.25) is 0 Å². The minimum absolute atomic E-state index is 0.542. The van der Waals surface area contributed by atoms with Crippen molar-refractivity contribution >= 4 is 0 Å². The van der Waals surface area contributed by atoms with Gasteiger partial charge in [-0.05, 0) is 38.4 Å². The maximum absolute atomic E-state index is 5.74. The number of ether oxygens (including phenoxy) is 1. The first-order valence-corrected chi connectivity index (χ1v) is 5.77. The summed E-state index contributed by atoms with van der Waals surface area (Å²) < 4.78 is 5.74. The Morgan fingerprint density at radius 1 is 1.27 bits per heavy atom. The molecule has 1 fully saturated rings. The lowest BCUT2D eigenvalue weighted by Crippen LogP contribution is -2.38. The van der Waals surface area contributed by atoms with E-state index in [0.717, 1.165) is 18.9 Å². The molecular weight excluding hydrogens is 186 g/mol. The molecule has 1 aromatic rings. The molecule has 0 radical (unpaired) electrons. The van der Waals surface area contributed by atoms with Gasteiger partial charge >= 0.3 is 0 Å². The smallest absolute Gasteiger partial charge is 0.119 e. The van der Waals surface area contributed by atoms with E-state index in [1.54, 1.807) is 0 Å². The number of nitrogens with one attached hydrogen (secondary N) is 1. The molecule has 1 heterocycles. The molecule has 1 saturated heterocycles. The van der Waals surface area contributed by atoms with Crippen LogP contribution in [0, 0.1) is 6.92 Å². The van der Waals surface area contributed by atoms with Crippen LogP contribution in [0.15, 0.2) is 24.3 Å². The van der Waals surface area contributed by atoms with Gasteiger partial charge in [0, 0.05) is 6.04 Å². The molecule has 2 heteroatoms. The highest BCUT2D eigenvalue weighted by Gasteiger charge is 2.12. The second-order valence-electron chi connectivity index (χ2n) is 4.27. The largest absolute Gasteiger partial charge is 0.492 e. The molecule has 1 aromatic carbocycles. The summed E-state index contributed by atoms with van der Waals surface area (Å²) in [6.07, 6.45) is 3.88. The number of rotatable bonds is 3. The molecular formula is C13H19NO. The first kappa shape index (κ1) is 10.5. The van der Waals surface area contributed by atoms with Gasteiger partial charge in [0.1, 0.15) is 12.4 Å². The topological polar surface area (TPSA) is 21.3 Å². The second kappa shape index (κ2) is 5.17. The predicted octanol–water partition coefficient (Wildman–Crippen LogP) is 2.52. The van der Waals surface area contributed by atoms with Crippen molar-refractivity contribution in [3.63, 3.8) is 0 Å². The van der Waals surface area contributed by atoms with Crippen LogP contribution >= 0.6 is 0 Å². The predicted molar refractivity (Wildman–Crippen MR) is 62.3 cm³/mol. The Morgan fingerprint density at radius 2 is 2.07 bits per heavy atom. The van der Waals surface area contributed by atoms with E-state index < -0.39 is 0 Å². The molecule has 0 bridgehead atoms. The van der Waals surface area contributed by atoms with E-state index in [9.17, 15) is 0 Å². The summed E-state index contributed by atoms with van der Waals surface area (Å²) in [6, 6.07) is 8.80. The van der Waals surface area contributed by atoms with Gasteiger partial charge < -0.3 is 10.1 Å². The molecule has 0 aromatic heterocycles. The Kier molecular flexibility index (Phi) is 3.62. The average Bonchev–Trinajstić information content (AvgIpc) is 2.30. The van der Waals surface area contributed by atoms with Gasteiger partial charge in [-0.1, -0.05) is 24.1 Å². The summed E-state index contributed by atoms with van der Waals surface area (Å²) in [5, 5.41) is 3.48. The Labute approximate surface area is 91.6 Å². The lowest BCUT2D eigenvalue weighted by atomic mass is 10.1. The van der Waals surface area contributed by atoms with E-state index in [1.807, 2.05) is 12.1 Å². The summed E-state index contributed by atoms with van der Waals surface area (Å²) in [5.74, 6) is 0.980. The maximum atomic E-state index is 5.74. The summed E-state index contributed by atoms with van der Waals surface area (Å²) in [4.78, 5) is 0. The van der Waals surface area contributed by atoms with Crippen molar-refractivity contribution in [2.75, 3.05) is 13.2 Å². The van der Waals surface area contributed by atoms with Crippen LogP contribution in [0.25, 0.3) is 0 Å². The standard InChI is InChI=1S/C13H19NO/c1-11-5-7-13(8-6-11)15-10-12-4-2-3-9-14-12/h5-8,12,14H,2-4,9-10H2,1H3/t12-/m1/s1. The van der Waals surface area contributed by atoms with Gasteiger partial charge in [-0.2, -0.15) is 0 Å². The van der Waals surface area contributed by atoms with Crippen molar-refractivity contribution in [1.82, 2.24) is 5.32 Å². The molecule has 0 saturated carbocycles.